The lowest BCUT2D eigenvalue weighted by Crippen LogP contribution is -2.22. The molecule has 0 saturated carbocycles. The van der Waals surface area contributed by atoms with Gasteiger partial charge in [-0.05, 0) is 60.6 Å². The molecule has 4 N–H and O–H groups in total. The number of nitrogens with one attached hydrogen (secondary N) is 2. The van der Waals surface area contributed by atoms with Crippen molar-refractivity contribution in [1.29, 1.82) is 0 Å². The van der Waals surface area contributed by atoms with Crippen LogP contribution in [-0.4, -0.2) is 29.0 Å². The van der Waals surface area contributed by atoms with Gasteiger partial charge in [0, 0.05) is 18.7 Å². The van der Waals surface area contributed by atoms with Crippen molar-refractivity contribution in [3.05, 3.63) is 65.7 Å². The maximum Gasteiger partial charge on any atom is 0.514 e. The summed E-state index contributed by atoms with van der Waals surface area (Å²) in [5.41, 5.74) is 2.04. The summed E-state index contributed by atoms with van der Waals surface area (Å²) in [6.07, 6.45) is 6.70. The van der Waals surface area contributed by atoms with E-state index in [2.05, 4.69) is 36.4 Å². The van der Waals surface area contributed by atoms with E-state index in [4.69, 9.17) is 24.0 Å². The van der Waals surface area contributed by atoms with Crippen LogP contribution in [0.25, 0.3) is 0 Å². The average Bonchev–Trinajstić information content (AvgIpc) is 2.84. The van der Waals surface area contributed by atoms with Gasteiger partial charge in [0.25, 0.3) is 8.53 Å². The number of hydrogen-bond acceptors (Lipinski definition) is 8. The Morgan fingerprint density at radius 2 is 1.75 bits per heavy atom. The predicted octanol–water partition coefficient (Wildman–Crippen LogP) is 5.42. The zero-order chi connectivity index (χ0) is 26.3. The molecule has 0 radical (unpaired) electrons. The molecule has 0 bridgehead atoms. The highest BCUT2D eigenvalue weighted by Crippen LogP contribution is 2.29. The molecule has 1 amide bonds. The fraction of sp³-hybridized carbons (Fsp3) is 0.385. The Morgan fingerprint density at radius 3 is 2.42 bits per heavy atom. The number of anilines is 1. The molecule has 0 aromatic heterocycles. The minimum Gasteiger partial charge on any atom is -0.493 e. The first-order chi connectivity index (χ1) is 17.3. The smallest absolute Gasteiger partial charge is 0.493 e. The van der Waals surface area contributed by atoms with Gasteiger partial charge in [0.1, 0.15) is 6.61 Å². The first kappa shape index (κ1) is 29.1. The Labute approximate surface area is 213 Å². The first-order valence-corrected chi connectivity index (χ1v) is 13.0. The van der Waals surface area contributed by atoms with Crippen LogP contribution in [0.1, 0.15) is 50.7 Å². The molecule has 0 aliphatic rings. The zero-order valence-corrected chi connectivity index (χ0v) is 21.8. The fourth-order valence-electron chi connectivity index (χ4n) is 3.16. The van der Waals surface area contributed by atoms with E-state index in [1.165, 1.54) is 7.11 Å². The summed E-state index contributed by atoms with van der Waals surface area (Å²) in [6.45, 7) is 4.59. The molecule has 0 aliphatic heterocycles. The molecule has 0 atom stereocenters. The summed E-state index contributed by atoms with van der Waals surface area (Å²) in [7, 11) is -0.781. The predicted molar refractivity (Wildman–Crippen MR) is 140 cm³/mol. The third-order valence-electron chi connectivity index (χ3n) is 5.00. The number of hydrogen-bond donors (Lipinski definition) is 4. The maximum atomic E-state index is 12.1. The standard InChI is InChI=1S/C26H35N2O7P/c1-19(2)8-6-4-5-7-9-25(29)27-17-21-12-15-23(24(16-21)33-3)35-26(30)34-18-20-10-13-22(14-11-20)28-36(31)32/h6,8,10-16,19,28,31-32H,4-5,7,9,17-18H2,1-3H3,(H,27,29)/b8-6+. The van der Waals surface area contributed by atoms with Crippen molar-refractivity contribution in [2.24, 2.45) is 5.92 Å². The van der Waals surface area contributed by atoms with Gasteiger partial charge in [-0.2, -0.15) is 0 Å². The van der Waals surface area contributed by atoms with Gasteiger partial charge in [0.05, 0.1) is 7.11 Å². The molecule has 2 rings (SSSR count). The summed E-state index contributed by atoms with van der Waals surface area (Å²) in [4.78, 5) is 42.2. The second kappa shape index (κ2) is 15.8. The number of carbonyl (C=O) groups is 2. The maximum absolute atomic E-state index is 12.1. The van der Waals surface area contributed by atoms with E-state index >= 15 is 0 Å². The Balaban J connectivity index is 1.77. The van der Waals surface area contributed by atoms with Gasteiger partial charge < -0.3 is 34.4 Å². The van der Waals surface area contributed by atoms with E-state index in [9.17, 15) is 9.59 Å². The number of methoxy groups -OCH3 is 1. The monoisotopic (exact) mass is 518 g/mol. The second-order valence-corrected chi connectivity index (χ2v) is 9.22. The minimum absolute atomic E-state index is 0.0111. The third kappa shape index (κ3) is 11.5. The molecule has 0 unspecified atom stereocenters. The van der Waals surface area contributed by atoms with E-state index in [-0.39, 0.29) is 18.3 Å². The van der Waals surface area contributed by atoms with E-state index in [1.54, 1.807) is 42.5 Å². The van der Waals surface area contributed by atoms with Gasteiger partial charge in [-0.25, -0.2) is 4.79 Å². The number of carbonyl (C=O) groups excluding carboxylic acids is 2. The molecular weight excluding hydrogens is 483 g/mol. The van der Waals surface area contributed by atoms with Crippen LogP contribution in [0.4, 0.5) is 10.5 Å². The Kier molecular flexibility index (Phi) is 12.8. The largest absolute Gasteiger partial charge is 0.514 e. The summed E-state index contributed by atoms with van der Waals surface area (Å²) in [5.74, 6) is 1.08. The SMILES string of the molecule is COc1cc(CNC(=O)CCCC/C=C/C(C)C)ccc1OC(=O)OCc1ccc(NP(O)O)cc1. The second-order valence-electron chi connectivity index (χ2n) is 8.42. The number of unbranched alkanes of at least 4 members (excludes halogenated alkanes) is 2. The van der Waals surface area contributed by atoms with Crippen molar-refractivity contribution in [3.8, 4) is 11.5 Å². The van der Waals surface area contributed by atoms with Crippen molar-refractivity contribution < 1.29 is 33.6 Å². The molecule has 2 aromatic carbocycles. The summed E-state index contributed by atoms with van der Waals surface area (Å²) < 4.78 is 15.7. The highest BCUT2D eigenvalue weighted by Gasteiger charge is 2.13. The molecule has 9 nitrogen and oxygen atoms in total. The molecule has 0 heterocycles. The van der Waals surface area contributed by atoms with Crippen molar-refractivity contribution in [3.63, 3.8) is 0 Å². The molecule has 0 aliphatic carbocycles. The normalized spacial score (nSPS) is 11.1. The molecule has 196 valence electrons. The van der Waals surface area contributed by atoms with E-state index in [0.717, 1.165) is 24.8 Å². The van der Waals surface area contributed by atoms with Crippen LogP contribution in [0, 0.1) is 5.92 Å². The van der Waals surface area contributed by atoms with Gasteiger partial charge in [0.15, 0.2) is 11.5 Å². The van der Waals surface area contributed by atoms with Crippen LogP contribution >= 0.6 is 8.53 Å². The Morgan fingerprint density at radius 1 is 1.03 bits per heavy atom. The molecule has 10 heteroatoms. The van der Waals surface area contributed by atoms with Crippen LogP contribution in [0.15, 0.2) is 54.6 Å². The van der Waals surface area contributed by atoms with E-state index in [1.807, 2.05) is 0 Å². The average molecular weight is 519 g/mol. The molecular formula is C26H35N2O7P. The van der Waals surface area contributed by atoms with Gasteiger partial charge in [-0.3, -0.25) is 4.79 Å². The van der Waals surface area contributed by atoms with Gasteiger partial charge in [0.2, 0.25) is 5.91 Å². The molecule has 0 saturated heterocycles. The van der Waals surface area contributed by atoms with Crippen molar-refractivity contribution >= 4 is 26.3 Å². The highest BCUT2D eigenvalue weighted by atomic mass is 31.2. The number of amides is 1. The summed E-state index contributed by atoms with van der Waals surface area (Å²) in [6, 6.07) is 11.7. The van der Waals surface area contributed by atoms with E-state index < -0.39 is 14.7 Å². The summed E-state index contributed by atoms with van der Waals surface area (Å²) >= 11 is 0. The zero-order valence-electron chi connectivity index (χ0n) is 20.9. The Bertz CT molecular complexity index is 994. The lowest BCUT2D eigenvalue weighted by atomic mass is 10.1. The molecule has 0 spiro atoms. The number of ether oxygens (including phenoxy) is 3. The minimum atomic E-state index is -2.24. The van der Waals surface area contributed by atoms with Crippen LogP contribution in [0.3, 0.4) is 0 Å². The number of allylic oxidation sites excluding steroid dienone is 2. The fourth-order valence-corrected chi connectivity index (χ4v) is 3.54. The van der Waals surface area contributed by atoms with Crippen LogP contribution in [-0.2, 0) is 22.7 Å². The molecule has 36 heavy (non-hydrogen) atoms. The van der Waals surface area contributed by atoms with Crippen molar-refractivity contribution in [2.75, 3.05) is 12.2 Å². The lowest BCUT2D eigenvalue weighted by Gasteiger charge is -2.12. The van der Waals surface area contributed by atoms with Crippen molar-refractivity contribution in [1.82, 2.24) is 5.32 Å². The van der Waals surface area contributed by atoms with Crippen LogP contribution in [0.2, 0.25) is 0 Å². The van der Waals surface area contributed by atoms with Gasteiger partial charge in [-0.1, -0.05) is 44.2 Å². The topological polar surface area (TPSA) is 126 Å². The van der Waals surface area contributed by atoms with Crippen molar-refractivity contribution in [2.45, 2.75) is 52.7 Å². The quantitative estimate of drug-likeness (QED) is 0.0858. The first-order valence-electron chi connectivity index (χ1n) is 11.7. The van der Waals surface area contributed by atoms with Crippen LogP contribution in [0.5, 0.6) is 11.5 Å². The third-order valence-corrected chi connectivity index (χ3v) is 5.45. The summed E-state index contributed by atoms with van der Waals surface area (Å²) in [5, 5.41) is 5.38. The van der Waals surface area contributed by atoms with Crippen LogP contribution < -0.4 is 19.9 Å². The van der Waals surface area contributed by atoms with Gasteiger partial charge in [-0.15, -0.1) is 0 Å². The van der Waals surface area contributed by atoms with E-state index in [0.29, 0.717) is 35.9 Å². The Hall–Kier alpha value is -3.13. The molecule has 0 fully saturated rings. The number of benzene rings is 2. The highest BCUT2D eigenvalue weighted by molar-refractivity contribution is 7.46. The lowest BCUT2D eigenvalue weighted by molar-refractivity contribution is -0.121. The molecule has 2 aromatic rings. The van der Waals surface area contributed by atoms with Gasteiger partial charge >= 0.3 is 6.16 Å². The number of rotatable bonds is 14.